The van der Waals surface area contributed by atoms with Gasteiger partial charge >= 0.3 is 0 Å². The van der Waals surface area contributed by atoms with Crippen LogP contribution in [-0.2, 0) is 0 Å². The van der Waals surface area contributed by atoms with Gasteiger partial charge in [0.2, 0.25) is 0 Å². The molecule has 2 nitrogen and oxygen atoms in total. The maximum absolute atomic E-state index is 3.48. The first-order valence-electron chi connectivity index (χ1n) is 6.29. The van der Waals surface area contributed by atoms with Crippen LogP contribution in [0.5, 0.6) is 0 Å². The highest BCUT2D eigenvalue weighted by atomic mass is 15.5. The van der Waals surface area contributed by atoms with E-state index in [1.165, 1.54) is 29.7 Å². The third kappa shape index (κ3) is 2.90. The second-order valence-corrected chi connectivity index (χ2v) is 4.40. The number of unbranched alkanes of at least 4 members (excludes halogenated alkanes) is 1. The monoisotopic (exact) mass is 228 g/mol. The molecule has 90 valence electrons. The van der Waals surface area contributed by atoms with Crippen LogP contribution < -0.4 is 5.43 Å². The van der Waals surface area contributed by atoms with Gasteiger partial charge in [0.25, 0.3) is 0 Å². The van der Waals surface area contributed by atoms with Gasteiger partial charge in [-0.1, -0.05) is 43.7 Å². The molecule has 0 unspecified atom stereocenters. The van der Waals surface area contributed by atoms with E-state index < -0.39 is 0 Å². The van der Waals surface area contributed by atoms with Gasteiger partial charge in [-0.15, -0.1) is 0 Å². The minimum Gasteiger partial charge on any atom is -0.298 e. The van der Waals surface area contributed by atoms with E-state index in [0.29, 0.717) is 0 Å². The number of benzene rings is 1. The molecule has 1 heterocycles. The highest BCUT2D eigenvalue weighted by molar-refractivity contribution is 5.69. The van der Waals surface area contributed by atoms with E-state index in [1.807, 2.05) is 6.07 Å². The van der Waals surface area contributed by atoms with Crippen molar-refractivity contribution in [3.05, 3.63) is 53.7 Å². The highest BCUT2D eigenvalue weighted by Gasteiger charge is 2.11. The standard InChI is InChI=1S/C15H20N2/c1-3-4-11-17-12-10-13(2)15(16-17)14-8-6-5-7-9-14/h5-10,12,16H,3-4,11H2,1-2H3. The van der Waals surface area contributed by atoms with E-state index in [4.69, 9.17) is 0 Å². The molecule has 0 saturated heterocycles. The molecule has 0 amide bonds. The molecule has 0 aromatic heterocycles. The molecule has 0 spiro atoms. The lowest BCUT2D eigenvalue weighted by Crippen LogP contribution is -2.35. The zero-order chi connectivity index (χ0) is 12.1. The van der Waals surface area contributed by atoms with Gasteiger partial charge in [-0.05, 0) is 30.6 Å². The van der Waals surface area contributed by atoms with Crippen molar-refractivity contribution in [2.45, 2.75) is 26.7 Å². The third-order valence-corrected chi connectivity index (χ3v) is 2.97. The highest BCUT2D eigenvalue weighted by Crippen LogP contribution is 2.20. The van der Waals surface area contributed by atoms with Gasteiger partial charge in [0.05, 0.1) is 5.70 Å². The van der Waals surface area contributed by atoms with Crippen molar-refractivity contribution in [1.82, 2.24) is 10.4 Å². The summed E-state index contributed by atoms with van der Waals surface area (Å²) in [7, 11) is 0. The fourth-order valence-electron chi connectivity index (χ4n) is 1.91. The van der Waals surface area contributed by atoms with Crippen LogP contribution in [0.1, 0.15) is 32.3 Å². The minimum absolute atomic E-state index is 1.05. The second kappa shape index (κ2) is 5.58. The number of hydrogen-bond donors (Lipinski definition) is 1. The fourth-order valence-corrected chi connectivity index (χ4v) is 1.91. The smallest absolute Gasteiger partial charge is 0.0643 e. The average Bonchev–Trinajstić information content (AvgIpc) is 2.39. The van der Waals surface area contributed by atoms with Crippen LogP contribution in [0.4, 0.5) is 0 Å². The SMILES string of the molecule is CCCCN1C=CC(C)=C(c2ccccc2)N1. The van der Waals surface area contributed by atoms with Gasteiger partial charge in [-0.2, -0.15) is 0 Å². The summed E-state index contributed by atoms with van der Waals surface area (Å²) in [6.07, 6.45) is 6.72. The van der Waals surface area contributed by atoms with Crippen LogP contribution in [0.15, 0.2) is 48.2 Å². The van der Waals surface area contributed by atoms with Gasteiger partial charge in [0.15, 0.2) is 0 Å². The molecule has 2 rings (SSSR count). The Labute approximate surface area is 104 Å². The first-order chi connectivity index (χ1) is 8.31. The van der Waals surface area contributed by atoms with Crippen molar-refractivity contribution < 1.29 is 0 Å². The number of hydrazine groups is 1. The number of rotatable bonds is 4. The summed E-state index contributed by atoms with van der Waals surface area (Å²) in [6.45, 7) is 5.41. The summed E-state index contributed by atoms with van der Waals surface area (Å²) in [5.41, 5.74) is 7.22. The molecular weight excluding hydrogens is 208 g/mol. The van der Waals surface area contributed by atoms with Crippen LogP contribution in [-0.4, -0.2) is 11.6 Å². The quantitative estimate of drug-likeness (QED) is 0.847. The van der Waals surface area contributed by atoms with Crippen LogP contribution in [0.3, 0.4) is 0 Å². The van der Waals surface area contributed by atoms with Gasteiger partial charge in [0, 0.05) is 12.7 Å². The molecule has 1 N–H and O–H groups in total. The number of hydrogen-bond acceptors (Lipinski definition) is 2. The number of nitrogens with one attached hydrogen (secondary N) is 1. The minimum atomic E-state index is 1.05. The molecule has 0 saturated carbocycles. The van der Waals surface area contributed by atoms with E-state index in [-0.39, 0.29) is 0 Å². The number of nitrogens with zero attached hydrogens (tertiary/aromatic N) is 1. The van der Waals surface area contributed by atoms with Crippen LogP contribution in [0, 0.1) is 0 Å². The molecule has 2 heteroatoms. The maximum atomic E-state index is 3.48. The summed E-state index contributed by atoms with van der Waals surface area (Å²) < 4.78 is 0. The zero-order valence-electron chi connectivity index (χ0n) is 10.6. The molecular formula is C15H20N2. The van der Waals surface area contributed by atoms with Crippen LogP contribution in [0.25, 0.3) is 5.70 Å². The normalized spacial score (nSPS) is 15.1. The van der Waals surface area contributed by atoms with Crippen molar-refractivity contribution in [1.29, 1.82) is 0 Å². The van der Waals surface area contributed by atoms with E-state index in [2.05, 4.69) is 60.8 Å². The van der Waals surface area contributed by atoms with E-state index in [9.17, 15) is 0 Å². The summed E-state index contributed by atoms with van der Waals surface area (Å²) in [5.74, 6) is 0. The lowest BCUT2D eigenvalue weighted by Gasteiger charge is -2.28. The Kier molecular flexibility index (Phi) is 3.86. The molecule has 1 aliphatic heterocycles. The molecule has 0 fully saturated rings. The fraction of sp³-hybridized carbons (Fsp3) is 0.333. The summed E-state index contributed by atoms with van der Waals surface area (Å²) in [5, 5.41) is 2.17. The average molecular weight is 228 g/mol. The van der Waals surface area contributed by atoms with Crippen molar-refractivity contribution in [2.24, 2.45) is 0 Å². The van der Waals surface area contributed by atoms with Crippen molar-refractivity contribution in [3.8, 4) is 0 Å². The topological polar surface area (TPSA) is 15.3 Å². The lowest BCUT2D eigenvalue weighted by molar-refractivity contribution is 0.314. The third-order valence-electron chi connectivity index (χ3n) is 2.97. The predicted molar refractivity (Wildman–Crippen MR) is 72.9 cm³/mol. The second-order valence-electron chi connectivity index (χ2n) is 4.40. The van der Waals surface area contributed by atoms with E-state index >= 15 is 0 Å². The first-order valence-corrected chi connectivity index (χ1v) is 6.29. The Morgan fingerprint density at radius 1 is 1.18 bits per heavy atom. The summed E-state index contributed by atoms with van der Waals surface area (Å²) in [4.78, 5) is 0. The predicted octanol–water partition coefficient (Wildman–Crippen LogP) is 3.55. The Balaban J connectivity index is 2.14. The Bertz CT molecular complexity index is 418. The largest absolute Gasteiger partial charge is 0.298 e. The van der Waals surface area contributed by atoms with Crippen molar-refractivity contribution >= 4 is 5.70 Å². The Morgan fingerprint density at radius 3 is 2.65 bits per heavy atom. The van der Waals surface area contributed by atoms with E-state index in [1.54, 1.807) is 0 Å². The summed E-state index contributed by atoms with van der Waals surface area (Å²) in [6, 6.07) is 10.5. The lowest BCUT2D eigenvalue weighted by atomic mass is 10.1. The van der Waals surface area contributed by atoms with Crippen molar-refractivity contribution in [3.63, 3.8) is 0 Å². The van der Waals surface area contributed by atoms with Gasteiger partial charge in [-0.3, -0.25) is 10.4 Å². The molecule has 0 bridgehead atoms. The van der Waals surface area contributed by atoms with Crippen LogP contribution in [0.2, 0.25) is 0 Å². The summed E-state index contributed by atoms with van der Waals surface area (Å²) >= 11 is 0. The Morgan fingerprint density at radius 2 is 1.94 bits per heavy atom. The molecule has 0 aliphatic carbocycles. The van der Waals surface area contributed by atoms with Crippen molar-refractivity contribution in [2.75, 3.05) is 6.54 Å². The van der Waals surface area contributed by atoms with E-state index in [0.717, 1.165) is 6.54 Å². The molecule has 1 aromatic carbocycles. The first kappa shape index (κ1) is 11.8. The molecule has 0 atom stereocenters. The molecule has 0 radical (unpaired) electrons. The molecule has 1 aromatic rings. The Hall–Kier alpha value is -1.70. The van der Waals surface area contributed by atoms with Crippen LogP contribution >= 0.6 is 0 Å². The number of allylic oxidation sites excluding steroid dienone is 2. The van der Waals surface area contributed by atoms with Gasteiger partial charge in [-0.25, -0.2) is 0 Å². The maximum Gasteiger partial charge on any atom is 0.0643 e. The zero-order valence-corrected chi connectivity index (χ0v) is 10.6. The van der Waals surface area contributed by atoms with Gasteiger partial charge < -0.3 is 0 Å². The molecule has 1 aliphatic rings. The molecule has 17 heavy (non-hydrogen) atoms. The van der Waals surface area contributed by atoms with Gasteiger partial charge in [0.1, 0.15) is 0 Å².